The van der Waals surface area contributed by atoms with Crippen LogP contribution >= 0.6 is 0 Å². The number of likely N-dealkylation sites (tertiary alicyclic amines) is 1. The largest absolute Gasteiger partial charge is 0.356 e. The van der Waals surface area contributed by atoms with E-state index in [9.17, 15) is 9.59 Å². The van der Waals surface area contributed by atoms with Gasteiger partial charge in [-0.25, -0.2) is 0 Å². The molecule has 3 rings (SSSR count). The van der Waals surface area contributed by atoms with Crippen LogP contribution in [0.1, 0.15) is 31.2 Å². The lowest BCUT2D eigenvalue weighted by molar-refractivity contribution is -0.133. The number of carbonyl (C=O) groups excluding carboxylic acids is 2. The lowest BCUT2D eigenvalue weighted by Crippen LogP contribution is -2.44. The Kier molecular flexibility index (Phi) is 3.95. The molecule has 2 aliphatic rings. The second-order valence-corrected chi connectivity index (χ2v) is 6.32. The summed E-state index contributed by atoms with van der Waals surface area (Å²) in [6.45, 7) is 2.38. The van der Waals surface area contributed by atoms with Crippen LogP contribution in [0.5, 0.6) is 0 Å². The number of carbonyl (C=O) groups is 2. The Balaban J connectivity index is 1.48. The highest BCUT2D eigenvalue weighted by Gasteiger charge is 2.41. The molecule has 4 heteroatoms. The summed E-state index contributed by atoms with van der Waals surface area (Å²) in [6, 6.07) is 10.1. The number of benzene rings is 1. The Morgan fingerprint density at radius 2 is 1.90 bits per heavy atom. The lowest BCUT2D eigenvalue weighted by atomic mass is 9.77. The summed E-state index contributed by atoms with van der Waals surface area (Å²) in [5, 5.41) is 2.93. The molecule has 2 amide bonds. The van der Waals surface area contributed by atoms with Gasteiger partial charge in [0.25, 0.3) is 0 Å². The molecule has 0 aliphatic carbocycles. The number of hydrogen-bond acceptors (Lipinski definition) is 2. The average molecular weight is 286 g/mol. The van der Waals surface area contributed by atoms with Crippen LogP contribution in [0.3, 0.4) is 0 Å². The molecule has 0 bridgehead atoms. The number of hydrogen-bond donors (Lipinski definition) is 1. The zero-order chi connectivity index (χ0) is 14.7. The van der Waals surface area contributed by atoms with Gasteiger partial charge in [-0.15, -0.1) is 0 Å². The first-order valence-electron chi connectivity index (χ1n) is 7.75. The molecule has 2 aliphatic heterocycles. The molecule has 112 valence electrons. The fraction of sp³-hybridized carbons (Fsp3) is 0.529. The molecular formula is C17H22N2O2. The summed E-state index contributed by atoms with van der Waals surface area (Å²) >= 11 is 0. The highest BCUT2D eigenvalue weighted by molar-refractivity contribution is 5.79. The van der Waals surface area contributed by atoms with Gasteiger partial charge in [-0.2, -0.15) is 0 Å². The van der Waals surface area contributed by atoms with Crippen LogP contribution in [-0.4, -0.2) is 36.3 Å². The Morgan fingerprint density at radius 3 is 2.52 bits per heavy atom. The molecule has 2 heterocycles. The molecule has 0 aromatic heterocycles. The summed E-state index contributed by atoms with van der Waals surface area (Å²) in [7, 11) is 0. The topological polar surface area (TPSA) is 49.4 Å². The van der Waals surface area contributed by atoms with Crippen molar-refractivity contribution in [2.24, 2.45) is 5.41 Å². The van der Waals surface area contributed by atoms with E-state index in [0.717, 1.165) is 38.9 Å². The zero-order valence-corrected chi connectivity index (χ0v) is 12.3. The Bertz CT molecular complexity index is 519. The van der Waals surface area contributed by atoms with Crippen molar-refractivity contribution in [3.05, 3.63) is 35.9 Å². The fourth-order valence-corrected chi connectivity index (χ4v) is 3.39. The lowest BCUT2D eigenvalue weighted by Gasteiger charge is -2.38. The zero-order valence-electron chi connectivity index (χ0n) is 12.3. The van der Waals surface area contributed by atoms with E-state index < -0.39 is 0 Å². The normalized spacial score (nSPS) is 20.6. The van der Waals surface area contributed by atoms with Crippen LogP contribution in [0.2, 0.25) is 0 Å². The summed E-state index contributed by atoms with van der Waals surface area (Å²) in [4.78, 5) is 25.7. The first-order chi connectivity index (χ1) is 10.2. The number of nitrogens with zero attached hydrogens (tertiary/aromatic N) is 1. The monoisotopic (exact) mass is 286 g/mol. The van der Waals surface area contributed by atoms with Gasteiger partial charge in [-0.05, 0) is 30.2 Å². The summed E-state index contributed by atoms with van der Waals surface area (Å²) in [6.07, 6.45) is 3.92. The smallest absolute Gasteiger partial charge is 0.222 e. The van der Waals surface area contributed by atoms with Crippen molar-refractivity contribution in [3.8, 4) is 0 Å². The molecule has 1 aromatic rings. The third-order valence-electron chi connectivity index (χ3n) is 4.84. The molecule has 2 fully saturated rings. The number of aryl methyl sites for hydroxylation is 1. The number of nitrogens with one attached hydrogen (secondary N) is 1. The number of piperidine rings is 1. The summed E-state index contributed by atoms with van der Waals surface area (Å²) < 4.78 is 0. The van der Waals surface area contributed by atoms with Crippen molar-refractivity contribution in [1.82, 2.24) is 10.2 Å². The van der Waals surface area contributed by atoms with Gasteiger partial charge in [0.2, 0.25) is 11.8 Å². The van der Waals surface area contributed by atoms with E-state index in [1.807, 2.05) is 23.1 Å². The molecule has 1 spiro atoms. The minimum atomic E-state index is 0.118. The molecule has 2 saturated heterocycles. The van der Waals surface area contributed by atoms with Crippen molar-refractivity contribution >= 4 is 11.8 Å². The van der Waals surface area contributed by atoms with Crippen LogP contribution in [-0.2, 0) is 16.0 Å². The third-order valence-corrected chi connectivity index (χ3v) is 4.84. The molecule has 0 atom stereocenters. The van der Waals surface area contributed by atoms with Crippen LogP contribution in [0, 0.1) is 5.41 Å². The standard InChI is InChI=1S/C17H22N2O2/c20-15-12-17(13-18-15)8-10-19(11-9-17)16(21)7-6-14-4-2-1-3-5-14/h1-5H,6-13H2,(H,18,20). The van der Waals surface area contributed by atoms with E-state index in [1.165, 1.54) is 5.56 Å². The second kappa shape index (κ2) is 5.88. The third kappa shape index (κ3) is 3.26. The van der Waals surface area contributed by atoms with Gasteiger partial charge >= 0.3 is 0 Å². The van der Waals surface area contributed by atoms with Gasteiger partial charge in [0.05, 0.1) is 0 Å². The van der Waals surface area contributed by atoms with Crippen molar-refractivity contribution in [3.63, 3.8) is 0 Å². The van der Waals surface area contributed by atoms with Gasteiger partial charge in [0.15, 0.2) is 0 Å². The maximum atomic E-state index is 12.3. The number of rotatable bonds is 3. The van der Waals surface area contributed by atoms with Crippen molar-refractivity contribution < 1.29 is 9.59 Å². The van der Waals surface area contributed by atoms with Gasteiger partial charge < -0.3 is 10.2 Å². The first kappa shape index (κ1) is 14.1. The summed E-state index contributed by atoms with van der Waals surface area (Å²) in [5.74, 6) is 0.407. The van der Waals surface area contributed by atoms with E-state index in [4.69, 9.17) is 0 Å². The van der Waals surface area contributed by atoms with E-state index in [2.05, 4.69) is 17.4 Å². The summed E-state index contributed by atoms with van der Waals surface area (Å²) in [5.41, 5.74) is 1.33. The quantitative estimate of drug-likeness (QED) is 0.920. The van der Waals surface area contributed by atoms with E-state index >= 15 is 0 Å². The Morgan fingerprint density at radius 1 is 1.19 bits per heavy atom. The molecule has 4 nitrogen and oxygen atoms in total. The van der Waals surface area contributed by atoms with Crippen molar-refractivity contribution in [2.45, 2.75) is 32.1 Å². The fourth-order valence-electron chi connectivity index (χ4n) is 3.39. The second-order valence-electron chi connectivity index (χ2n) is 6.32. The van der Waals surface area contributed by atoms with Crippen LogP contribution in [0.4, 0.5) is 0 Å². The first-order valence-corrected chi connectivity index (χ1v) is 7.75. The molecular weight excluding hydrogens is 264 g/mol. The molecule has 1 N–H and O–H groups in total. The highest BCUT2D eigenvalue weighted by atomic mass is 16.2. The van der Waals surface area contributed by atoms with Gasteiger partial charge in [-0.1, -0.05) is 30.3 Å². The van der Waals surface area contributed by atoms with Gasteiger partial charge in [0.1, 0.15) is 0 Å². The number of amides is 2. The molecule has 0 radical (unpaired) electrons. The van der Waals surface area contributed by atoms with Crippen LogP contribution in [0.15, 0.2) is 30.3 Å². The Hall–Kier alpha value is -1.84. The minimum absolute atomic E-state index is 0.118. The predicted octanol–water partition coefficient (Wildman–Crippen LogP) is 1.75. The highest BCUT2D eigenvalue weighted by Crippen LogP contribution is 2.37. The van der Waals surface area contributed by atoms with Gasteiger partial charge in [0, 0.05) is 32.5 Å². The van der Waals surface area contributed by atoms with E-state index in [0.29, 0.717) is 12.8 Å². The molecule has 0 unspecified atom stereocenters. The molecule has 1 aromatic carbocycles. The van der Waals surface area contributed by atoms with E-state index in [-0.39, 0.29) is 17.2 Å². The molecule has 21 heavy (non-hydrogen) atoms. The Labute approximate surface area is 125 Å². The van der Waals surface area contributed by atoms with Crippen LogP contribution < -0.4 is 5.32 Å². The SMILES string of the molecule is O=C1CC2(CCN(C(=O)CCc3ccccc3)CC2)CN1. The predicted molar refractivity (Wildman–Crippen MR) is 80.6 cm³/mol. The van der Waals surface area contributed by atoms with Crippen molar-refractivity contribution in [1.29, 1.82) is 0 Å². The van der Waals surface area contributed by atoms with Crippen molar-refractivity contribution in [2.75, 3.05) is 19.6 Å². The van der Waals surface area contributed by atoms with Gasteiger partial charge in [-0.3, -0.25) is 9.59 Å². The molecule has 0 saturated carbocycles. The van der Waals surface area contributed by atoms with E-state index in [1.54, 1.807) is 0 Å². The minimum Gasteiger partial charge on any atom is -0.356 e. The maximum Gasteiger partial charge on any atom is 0.222 e. The van der Waals surface area contributed by atoms with Crippen LogP contribution in [0.25, 0.3) is 0 Å². The average Bonchev–Trinajstić information content (AvgIpc) is 2.87. The maximum absolute atomic E-state index is 12.3.